The lowest BCUT2D eigenvalue weighted by molar-refractivity contribution is -0.134. The molecule has 2 rings (SSSR count). The highest BCUT2D eigenvalue weighted by Crippen LogP contribution is 2.15. The van der Waals surface area contributed by atoms with Crippen LogP contribution in [-0.2, 0) is 16.1 Å². The number of piperidine rings is 1. The van der Waals surface area contributed by atoms with Crippen LogP contribution < -0.4 is 0 Å². The third-order valence-corrected chi connectivity index (χ3v) is 3.16. The third kappa shape index (κ3) is 3.95. The minimum Gasteiger partial charge on any atom is -0.478 e. The SMILES string of the molecule is O=C(O)C=Cc1cccc(CN2CCCCC2=O)c1. The van der Waals surface area contributed by atoms with Gasteiger partial charge in [-0.1, -0.05) is 18.2 Å². The quantitative estimate of drug-likeness (QED) is 0.844. The van der Waals surface area contributed by atoms with Gasteiger partial charge in [0.05, 0.1) is 0 Å². The van der Waals surface area contributed by atoms with Crippen LogP contribution in [0.1, 0.15) is 30.4 Å². The zero-order valence-corrected chi connectivity index (χ0v) is 10.7. The van der Waals surface area contributed by atoms with Crippen molar-refractivity contribution in [1.29, 1.82) is 0 Å². The highest BCUT2D eigenvalue weighted by molar-refractivity contribution is 5.85. The molecule has 4 nitrogen and oxygen atoms in total. The first-order valence-corrected chi connectivity index (χ1v) is 6.43. The summed E-state index contributed by atoms with van der Waals surface area (Å²) in [7, 11) is 0. The van der Waals surface area contributed by atoms with Gasteiger partial charge in [0, 0.05) is 25.6 Å². The van der Waals surface area contributed by atoms with Crippen molar-refractivity contribution in [3.63, 3.8) is 0 Å². The van der Waals surface area contributed by atoms with Crippen molar-refractivity contribution < 1.29 is 14.7 Å². The van der Waals surface area contributed by atoms with Crippen molar-refractivity contribution in [2.75, 3.05) is 6.54 Å². The Bertz CT molecular complexity index is 508. The molecule has 1 fully saturated rings. The zero-order chi connectivity index (χ0) is 13.7. The number of amides is 1. The van der Waals surface area contributed by atoms with Crippen molar-refractivity contribution in [1.82, 2.24) is 4.90 Å². The number of rotatable bonds is 4. The van der Waals surface area contributed by atoms with Crippen LogP contribution in [0.4, 0.5) is 0 Å². The molecule has 1 saturated heterocycles. The Balaban J connectivity index is 2.06. The maximum absolute atomic E-state index is 11.7. The normalized spacial score (nSPS) is 16.0. The van der Waals surface area contributed by atoms with Crippen molar-refractivity contribution >= 4 is 18.0 Å². The van der Waals surface area contributed by atoms with E-state index >= 15 is 0 Å². The number of carbonyl (C=O) groups excluding carboxylic acids is 1. The van der Waals surface area contributed by atoms with Gasteiger partial charge in [-0.05, 0) is 36.1 Å². The summed E-state index contributed by atoms with van der Waals surface area (Å²) in [6.45, 7) is 1.42. The summed E-state index contributed by atoms with van der Waals surface area (Å²) in [4.78, 5) is 24.1. The van der Waals surface area contributed by atoms with E-state index in [0.717, 1.165) is 36.6 Å². The first-order valence-electron chi connectivity index (χ1n) is 6.43. The predicted molar refractivity (Wildman–Crippen MR) is 72.4 cm³/mol. The van der Waals surface area contributed by atoms with E-state index in [4.69, 9.17) is 5.11 Å². The molecule has 1 aromatic rings. The molecule has 4 heteroatoms. The lowest BCUT2D eigenvalue weighted by atomic mass is 10.1. The van der Waals surface area contributed by atoms with E-state index in [1.165, 1.54) is 0 Å². The van der Waals surface area contributed by atoms with Crippen molar-refractivity contribution in [3.05, 3.63) is 41.5 Å². The molecule has 0 bridgehead atoms. The van der Waals surface area contributed by atoms with Gasteiger partial charge >= 0.3 is 5.97 Å². The van der Waals surface area contributed by atoms with Crippen LogP contribution in [0.15, 0.2) is 30.3 Å². The summed E-state index contributed by atoms with van der Waals surface area (Å²) < 4.78 is 0. The molecule has 0 radical (unpaired) electrons. The van der Waals surface area contributed by atoms with Gasteiger partial charge in [-0.2, -0.15) is 0 Å². The van der Waals surface area contributed by atoms with Gasteiger partial charge in [-0.15, -0.1) is 0 Å². The molecule has 0 aromatic heterocycles. The molecule has 1 aliphatic rings. The average Bonchev–Trinajstić information content (AvgIpc) is 2.40. The minimum atomic E-state index is -0.961. The van der Waals surface area contributed by atoms with Crippen LogP contribution in [0, 0.1) is 0 Å². The van der Waals surface area contributed by atoms with Gasteiger partial charge in [0.15, 0.2) is 0 Å². The zero-order valence-electron chi connectivity index (χ0n) is 10.7. The number of aliphatic carboxylic acids is 1. The number of carboxylic acid groups (broad SMARTS) is 1. The van der Waals surface area contributed by atoms with Crippen molar-refractivity contribution in [3.8, 4) is 0 Å². The van der Waals surface area contributed by atoms with Gasteiger partial charge in [0.1, 0.15) is 0 Å². The highest BCUT2D eigenvalue weighted by atomic mass is 16.4. The van der Waals surface area contributed by atoms with Crippen molar-refractivity contribution in [2.24, 2.45) is 0 Å². The maximum Gasteiger partial charge on any atom is 0.328 e. The van der Waals surface area contributed by atoms with Gasteiger partial charge in [-0.25, -0.2) is 4.79 Å². The third-order valence-electron chi connectivity index (χ3n) is 3.16. The predicted octanol–water partition coefficient (Wildman–Crippen LogP) is 2.30. The van der Waals surface area contributed by atoms with Crippen LogP contribution in [0.2, 0.25) is 0 Å². The molecule has 0 atom stereocenters. The molecular weight excluding hydrogens is 242 g/mol. The Morgan fingerprint density at radius 1 is 1.37 bits per heavy atom. The average molecular weight is 259 g/mol. The number of likely N-dealkylation sites (tertiary alicyclic amines) is 1. The lowest BCUT2D eigenvalue weighted by Gasteiger charge is -2.26. The molecule has 0 aliphatic carbocycles. The van der Waals surface area contributed by atoms with E-state index in [0.29, 0.717) is 13.0 Å². The second-order valence-electron chi connectivity index (χ2n) is 4.69. The van der Waals surface area contributed by atoms with E-state index in [1.807, 2.05) is 29.2 Å². The van der Waals surface area contributed by atoms with Gasteiger partial charge < -0.3 is 10.0 Å². The number of carbonyl (C=O) groups is 2. The second kappa shape index (κ2) is 6.18. The monoisotopic (exact) mass is 259 g/mol. The minimum absolute atomic E-state index is 0.206. The number of hydrogen-bond acceptors (Lipinski definition) is 2. The fraction of sp³-hybridized carbons (Fsp3) is 0.333. The summed E-state index contributed by atoms with van der Waals surface area (Å²) in [6.07, 6.45) is 5.36. The summed E-state index contributed by atoms with van der Waals surface area (Å²) in [5, 5.41) is 8.60. The summed E-state index contributed by atoms with van der Waals surface area (Å²) in [5.41, 5.74) is 1.87. The largest absolute Gasteiger partial charge is 0.478 e. The highest BCUT2D eigenvalue weighted by Gasteiger charge is 2.17. The number of benzene rings is 1. The smallest absolute Gasteiger partial charge is 0.328 e. The van der Waals surface area contributed by atoms with Gasteiger partial charge in [0.25, 0.3) is 0 Å². The Labute approximate surface area is 112 Å². The van der Waals surface area contributed by atoms with E-state index in [1.54, 1.807) is 6.08 Å². The first-order chi connectivity index (χ1) is 9.15. The number of carboxylic acids is 1. The Morgan fingerprint density at radius 3 is 2.95 bits per heavy atom. The number of nitrogens with zero attached hydrogens (tertiary/aromatic N) is 1. The van der Waals surface area contributed by atoms with Gasteiger partial charge in [-0.3, -0.25) is 4.79 Å². The molecule has 1 N–H and O–H groups in total. The summed E-state index contributed by atoms with van der Waals surface area (Å²) in [5.74, 6) is -0.755. The van der Waals surface area contributed by atoms with Crippen LogP contribution in [0.3, 0.4) is 0 Å². The molecule has 1 heterocycles. The van der Waals surface area contributed by atoms with E-state index < -0.39 is 5.97 Å². The van der Waals surface area contributed by atoms with Crippen LogP contribution in [0.25, 0.3) is 6.08 Å². The van der Waals surface area contributed by atoms with Crippen molar-refractivity contribution in [2.45, 2.75) is 25.8 Å². The molecule has 0 saturated carbocycles. The fourth-order valence-corrected chi connectivity index (χ4v) is 2.21. The maximum atomic E-state index is 11.7. The second-order valence-corrected chi connectivity index (χ2v) is 4.69. The topological polar surface area (TPSA) is 57.6 Å². The molecule has 19 heavy (non-hydrogen) atoms. The number of hydrogen-bond donors (Lipinski definition) is 1. The fourth-order valence-electron chi connectivity index (χ4n) is 2.21. The van der Waals surface area contributed by atoms with E-state index in [2.05, 4.69) is 0 Å². The molecule has 100 valence electrons. The van der Waals surface area contributed by atoms with E-state index in [-0.39, 0.29) is 5.91 Å². The summed E-state index contributed by atoms with van der Waals surface area (Å²) >= 11 is 0. The Hall–Kier alpha value is -2.10. The van der Waals surface area contributed by atoms with Crippen LogP contribution in [-0.4, -0.2) is 28.4 Å². The van der Waals surface area contributed by atoms with Gasteiger partial charge in [0.2, 0.25) is 5.91 Å². The Morgan fingerprint density at radius 2 is 2.21 bits per heavy atom. The molecular formula is C15H17NO3. The molecule has 0 spiro atoms. The first kappa shape index (κ1) is 13.3. The molecule has 1 amide bonds. The van der Waals surface area contributed by atoms with Crippen LogP contribution >= 0.6 is 0 Å². The standard InChI is InChI=1S/C15H17NO3/c17-14-6-1-2-9-16(14)11-13-5-3-4-12(10-13)7-8-15(18)19/h3-5,7-8,10H,1-2,6,9,11H2,(H,18,19). The summed E-state index contributed by atoms with van der Waals surface area (Å²) in [6, 6.07) is 7.60. The Kier molecular flexibility index (Phi) is 4.34. The molecule has 0 unspecified atom stereocenters. The molecule has 1 aliphatic heterocycles. The van der Waals surface area contributed by atoms with Crippen LogP contribution in [0.5, 0.6) is 0 Å². The van der Waals surface area contributed by atoms with E-state index in [9.17, 15) is 9.59 Å². The lowest BCUT2D eigenvalue weighted by Crippen LogP contribution is -2.34. The molecule has 1 aromatic carbocycles.